The number of anilines is 1. The number of aromatic nitrogens is 1. The lowest BCUT2D eigenvalue weighted by molar-refractivity contribution is 0.102. The summed E-state index contributed by atoms with van der Waals surface area (Å²) < 4.78 is 27.6. The predicted molar refractivity (Wildman–Crippen MR) is 102 cm³/mol. The number of carbonyl (C=O) groups is 1. The Morgan fingerprint density at radius 2 is 1.65 bits per heavy atom. The van der Waals surface area contributed by atoms with Crippen molar-refractivity contribution in [3.63, 3.8) is 0 Å². The highest BCUT2D eigenvalue weighted by Gasteiger charge is 2.32. The Labute approximate surface area is 154 Å². The highest BCUT2D eigenvalue weighted by molar-refractivity contribution is 7.89. The minimum atomic E-state index is -3.59. The molecule has 0 aliphatic carbocycles. The lowest BCUT2D eigenvalue weighted by Gasteiger charge is -2.26. The third-order valence-corrected chi connectivity index (χ3v) is 6.99. The molecule has 2 aromatic rings. The highest BCUT2D eigenvalue weighted by atomic mass is 32.2. The van der Waals surface area contributed by atoms with Crippen LogP contribution in [0.5, 0.6) is 0 Å². The molecule has 1 aromatic heterocycles. The van der Waals surface area contributed by atoms with Gasteiger partial charge >= 0.3 is 0 Å². The maximum absolute atomic E-state index is 13.0. The summed E-state index contributed by atoms with van der Waals surface area (Å²) in [7, 11) is -3.59. The van der Waals surface area contributed by atoms with E-state index in [1.165, 1.54) is 4.31 Å². The van der Waals surface area contributed by atoms with Crippen molar-refractivity contribution in [1.29, 1.82) is 0 Å². The van der Waals surface area contributed by atoms with Gasteiger partial charge in [-0.1, -0.05) is 24.1 Å². The zero-order valence-corrected chi connectivity index (χ0v) is 16.2. The van der Waals surface area contributed by atoms with Crippen LogP contribution in [0.2, 0.25) is 0 Å². The number of nitrogens with zero attached hydrogens (tertiary/aromatic N) is 1. The molecular formula is C19H25N3O3S. The fourth-order valence-electron chi connectivity index (χ4n) is 3.41. The molecule has 0 saturated carbocycles. The Kier molecular flexibility index (Phi) is 5.20. The number of aryl methyl sites for hydroxylation is 2. The molecule has 0 spiro atoms. The van der Waals surface area contributed by atoms with E-state index in [0.29, 0.717) is 35.7 Å². The molecule has 26 heavy (non-hydrogen) atoms. The fraction of sp³-hybridized carbons (Fsp3) is 0.421. The van der Waals surface area contributed by atoms with Crippen LogP contribution in [0.1, 0.15) is 46.6 Å². The van der Waals surface area contributed by atoms with E-state index in [9.17, 15) is 13.2 Å². The van der Waals surface area contributed by atoms with Gasteiger partial charge in [-0.15, -0.1) is 0 Å². The maximum atomic E-state index is 13.0. The number of benzene rings is 1. The van der Waals surface area contributed by atoms with Crippen LogP contribution in [0.3, 0.4) is 0 Å². The van der Waals surface area contributed by atoms with Gasteiger partial charge < -0.3 is 10.3 Å². The number of rotatable bonds is 4. The number of aromatic amines is 1. The first kappa shape index (κ1) is 18.7. The number of piperidine rings is 1. The Balaban J connectivity index is 1.89. The molecule has 1 saturated heterocycles. The molecule has 0 radical (unpaired) electrons. The summed E-state index contributed by atoms with van der Waals surface area (Å²) >= 11 is 0. The molecular weight excluding hydrogens is 350 g/mol. The molecule has 1 aromatic carbocycles. The summed E-state index contributed by atoms with van der Waals surface area (Å²) in [6, 6.07) is 7.47. The quantitative estimate of drug-likeness (QED) is 0.859. The van der Waals surface area contributed by atoms with Crippen LogP contribution in [-0.4, -0.2) is 36.7 Å². The van der Waals surface area contributed by atoms with Crippen LogP contribution in [-0.2, 0) is 10.0 Å². The Bertz CT molecular complexity index is 908. The molecule has 0 bridgehead atoms. The summed E-state index contributed by atoms with van der Waals surface area (Å²) in [6.45, 7) is 6.44. The summed E-state index contributed by atoms with van der Waals surface area (Å²) in [4.78, 5) is 15.8. The van der Waals surface area contributed by atoms with Crippen LogP contribution < -0.4 is 5.32 Å². The van der Waals surface area contributed by atoms with E-state index < -0.39 is 10.0 Å². The summed E-state index contributed by atoms with van der Waals surface area (Å²) in [6.07, 6.45) is 2.81. The SMILES string of the molecule is Cc1ccc(NC(=O)c2[nH]c(C)c(S(=O)(=O)N3CCCCC3)c2C)cc1. The van der Waals surface area contributed by atoms with Gasteiger partial charge in [-0.25, -0.2) is 8.42 Å². The van der Waals surface area contributed by atoms with E-state index in [0.717, 1.165) is 24.8 Å². The first-order chi connectivity index (χ1) is 12.3. The second-order valence-corrected chi connectivity index (χ2v) is 8.74. The molecule has 6 nitrogen and oxygen atoms in total. The van der Waals surface area contributed by atoms with Crippen molar-refractivity contribution in [3.8, 4) is 0 Å². The largest absolute Gasteiger partial charge is 0.353 e. The van der Waals surface area contributed by atoms with Crippen molar-refractivity contribution in [2.75, 3.05) is 18.4 Å². The van der Waals surface area contributed by atoms with Crippen LogP contribution in [0, 0.1) is 20.8 Å². The van der Waals surface area contributed by atoms with Crippen molar-refractivity contribution in [3.05, 3.63) is 46.8 Å². The first-order valence-electron chi connectivity index (χ1n) is 8.88. The molecule has 1 aliphatic rings. The minimum Gasteiger partial charge on any atom is -0.353 e. The topological polar surface area (TPSA) is 82.3 Å². The molecule has 0 unspecified atom stereocenters. The summed E-state index contributed by atoms with van der Waals surface area (Å²) in [5.41, 5.74) is 3.04. The van der Waals surface area contributed by atoms with E-state index in [4.69, 9.17) is 0 Å². The summed E-state index contributed by atoms with van der Waals surface area (Å²) in [5, 5.41) is 2.82. The van der Waals surface area contributed by atoms with Crippen molar-refractivity contribution >= 4 is 21.6 Å². The molecule has 3 rings (SSSR count). The number of nitrogens with one attached hydrogen (secondary N) is 2. The number of sulfonamides is 1. The number of hydrogen-bond acceptors (Lipinski definition) is 3. The van der Waals surface area contributed by atoms with Crippen LogP contribution >= 0.6 is 0 Å². The van der Waals surface area contributed by atoms with Gasteiger partial charge in [-0.05, 0) is 51.3 Å². The Morgan fingerprint density at radius 1 is 1.04 bits per heavy atom. The van der Waals surface area contributed by atoms with E-state index in [1.807, 2.05) is 31.2 Å². The highest BCUT2D eigenvalue weighted by Crippen LogP contribution is 2.28. The average Bonchev–Trinajstić information content (AvgIpc) is 2.93. The van der Waals surface area contributed by atoms with Gasteiger partial charge in [-0.2, -0.15) is 4.31 Å². The van der Waals surface area contributed by atoms with Gasteiger partial charge in [0, 0.05) is 24.5 Å². The zero-order chi connectivity index (χ0) is 18.9. The van der Waals surface area contributed by atoms with Gasteiger partial charge in [0.2, 0.25) is 10.0 Å². The lowest BCUT2D eigenvalue weighted by atomic mass is 10.2. The minimum absolute atomic E-state index is 0.230. The van der Waals surface area contributed by atoms with Gasteiger partial charge in [-0.3, -0.25) is 4.79 Å². The Hall–Kier alpha value is -2.12. The number of hydrogen-bond donors (Lipinski definition) is 2. The van der Waals surface area contributed by atoms with Gasteiger partial charge in [0.1, 0.15) is 10.6 Å². The smallest absolute Gasteiger partial charge is 0.272 e. The van der Waals surface area contributed by atoms with Crippen LogP contribution in [0.15, 0.2) is 29.2 Å². The average molecular weight is 375 g/mol. The normalized spacial score (nSPS) is 15.8. The predicted octanol–water partition coefficient (Wildman–Crippen LogP) is 3.37. The second-order valence-electron chi connectivity index (χ2n) is 6.86. The zero-order valence-electron chi connectivity index (χ0n) is 15.4. The number of amides is 1. The van der Waals surface area contributed by atoms with Crippen molar-refractivity contribution in [1.82, 2.24) is 9.29 Å². The standard InChI is InChI=1S/C19H25N3O3S/c1-13-7-9-16(10-8-13)21-19(23)17-14(2)18(15(3)20-17)26(24,25)22-11-5-4-6-12-22/h7-10,20H,4-6,11-12H2,1-3H3,(H,21,23). The van der Waals surface area contributed by atoms with E-state index >= 15 is 0 Å². The lowest BCUT2D eigenvalue weighted by Crippen LogP contribution is -2.36. The molecule has 0 atom stereocenters. The molecule has 1 aliphatic heterocycles. The van der Waals surface area contributed by atoms with E-state index in [2.05, 4.69) is 10.3 Å². The van der Waals surface area contributed by atoms with Gasteiger partial charge in [0.15, 0.2) is 0 Å². The molecule has 7 heteroatoms. The van der Waals surface area contributed by atoms with Gasteiger partial charge in [0.05, 0.1) is 0 Å². The summed E-state index contributed by atoms with van der Waals surface area (Å²) in [5.74, 6) is -0.338. The molecule has 1 amide bonds. The fourth-order valence-corrected chi connectivity index (χ4v) is 5.34. The second kappa shape index (κ2) is 7.25. The molecule has 2 heterocycles. The molecule has 140 valence electrons. The number of carbonyl (C=O) groups excluding carboxylic acids is 1. The Morgan fingerprint density at radius 3 is 2.27 bits per heavy atom. The van der Waals surface area contributed by atoms with Crippen LogP contribution in [0.25, 0.3) is 0 Å². The molecule has 2 N–H and O–H groups in total. The van der Waals surface area contributed by atoms with Crippen molar-refractivity contribution in [2.24, 2.45) is 0 Å². The van der Waals surface area contributed by atoms with Gasteiger partial charge in [0.25, 0.3) is 5.91 Å². The third-order valence-electron chi connectivity index (χ3n) is 4.82. The maximum Gasteiger partial charge on any atom is 0.272 e. The third kappa shape index (κ3) is 3.54. The van der Waals surface area contributed by atoms with Crippen LogP contribution in [0.4, 0.5) is 5.69 Å². The molecule has 1 fully saturated rings. The van der Waals surface area contributed by atoms with Crippen molar-refractivity contribution in [2.45, 2.75) is 44.9 Å². The number of H-pyrrole nitrogens is 1. The first-order valence-corrected chi connectivity index (χ1v) is 10.3. The van der Waals surface area contributed by atoms with E-state index in [1.54, 1.807) is 13.8 Å². The van der Waals surface area contributed by atoms with E-state index in [-0.39, 0.29) is 10.8 Å². The van der Waals surface area contributed by atoms with Crippen molar-refractivity contribution < 1.29 is 13.2 Å². The monoisotopic (exact) mass is 375 g/mol.